The third kappa shape index (κ3) is 3.90. The number of sulfonamides is 1. The molecule has 2 unspecified atom stereocenters. The van der Waals surface area contributed by atoms with Gasteiger partial charge >= 0.3 is 0 Å². The van der Waals surface area contributed by atoms with Gasteiger partial charge in [-0.25, -0.2) is 8.42 Å². The Labute approximate surface area is 188 Å². The normalized spacial score (nSPS) is 24.0. The van der Waals surface area contributed by atoms with Crippen molar-refractivity contribution in [2.45, 2.75) is 55.9 Å². The van der Waals surface area contributed by atoms with E-state index >= 15 is 0 Å². The summed E-state index contributed by atoms with van der Waals surface area (Å²) in [5.74, 6) is -0.0369. The number of anilines is 1. The van der Waals surface area contributed by atoms with E-state index in [1.54, 1.807) is 45.3 Å². The largest absolute Gasteiger partial charge is 0.324 e. The molecule has 32 heavy (non-hydrogen) atoms. The smallest absolute Gasteiger partial charge is 0.250 e. The highest BCUT2D eigenvalue weighted by atomic mass is 32.2. The van der Waals surface area contributed by atoms with E-state index < -0.39 is 10.0 Å². The van der Waals surface area contributed by atoms with Gasteiger partial charge in [-0.1, -0.05) is 37.5 Å². The molecule has 5 rings (SSSR count). The average molecular weight is 456 g/mol. The van der Waals surface area contributed by atoms with Crippen molar-refractivity contribution in [3.05, 3.63) is 58.5 Å². The van der Waals surface area contributed by atoms with Crippen LogP contribution in [0.2, 0.25) is 0 Å². The zero-order chi connectivity index (χ0) is 22.3. The van der Waals surface area contributed by atoms with E-state index in [0.29, 0.717) is 25.3 Å². The van der Waals surface area contributed by atoms with Crippen molar-refractivity contribution >= 4 is 21.6 Å². The minimum absolute atomic E-state index is 0.00831. The molecular formula is C24H29N3O4S. The predicted octanol–water partition coefficient (Wildman–Crippen LogP) is 3.18. The second-order valence-electron chi connectivity index (χ2n) is 9.34. The lowest BCUT2D eigenvalue weighted by molar-refractivity contribution is -0.120. The van der Waals surface area contributed by atoms with Crippen molar-refractivity contribution in [3.8, 4) is 0 Å². The van der Waals surface area contributed by atoms with Crippen molar-refractivity contribution in [2.24, 2.45) is 11.8 Å². The number of nitrogens with one attached hydrogen (secondary N) is 1. The maximum atomic E-state index is 13.3. The van der Waals surface area contributed by atoms with Gasteiger partial charge < -0.3 is 9.88 Å². The van der Waals surface area contributed by atoms with Crippen LogP contribution in [-0.2, 0) is 21.4 Å². The highest BCUT2D eigenvalue weighted by molar-refractivity contribution is 7.89. The fourth-order valence-electron chi connectivity index (χ4n) is 5.61. The van der Waals surface area contributed by atoms with Crippen LogP contribution in [-0.4, -0.2) is 36.3 Å². The first-order chi connectivity index (χ1) is 15.4. The number of hydrogen-bond acceptors (Lipinski definition) is 4. The molecule has 2 fully saturated rings. The number of amides is 1. The molecule has 1 amide bonds. The van der Waals surface area contributed by atoms with E-state index in [2.05, 4.69) is 5.32 Å². The summed E-state index contributed by atoms with van der Waals surface area (Å²) in [7, 11) is -3.61. The summed E-state index contributed by atoms with van der Waals surface area (Å²) in [6, 6.07) is 11.7. The third-order valence-corrected chi connectivity index (χ3v) is 9.02. The molecule has 1 saturated carbocycles. The van der Waals surface area contributed by atoms with E-state index in [1.165, 1.54) is 12.5 Å². The molecule has 0 spiro atoms. The van der Waals surface area contributed by atoms with Crippen LogP contribution >= 0.6 is 0 Å². The van der Waals surface area contributed by atoms with Gasteiger partial charge in [0.1, 0.15) is 0 Å². The minimum Gasteiger partial charge on any atom is -0.324 e. The van der Waals surface area contributed by atoms with E-state index in [1.807, 2.05) is 0 Å². The lowest BCUT2D eigenvalue weighted by Crippen LogP contribution is -2.49. The molecule has 1 N–H and O–H groups in total. The van der Waals surface area contributed by atoms with Gasteiger partial charge in [0, 0.05) is 43.2 Å². The lowest BCUT2D eigenvalue weighted by Gasteiger charge is -2.42. The number of benzene rings is 1. The molecule has 2 bridgehead atoms. The Balaban J connectivity index is 1.45. The summed E-state index contributed by atoms with van der Waals surface area (Å²) in [5, 5.41) is 3.09. The Morgan fingerprint density at radius 1 is 0.938 bits per heavy atom. The van der Waals surface area contributed by atoms with Gasteiger partial charge in [0.05, 0.1) is 10.6 Å². The van der Waals surface area contributed by atoms with Gasteiger partial charge in [0.15, 0.2) is 0 Å². The van der Waals surface area contributed by atoms with Crippen LogP contribution in [0.3, 0.4) is 0 Å². The Kier molecular flexibility index (Phi) is 5.67. The second kappa shape index (κ2) is 8.48. The van der Waals surface area contributed by atoms with Crippen molar-refractivity contribution in [1.82, 2.24) is 8.87 Å². The number of rotatable bonds is 4. The number of nitrogens with zero attached hydrogens (tertiary/aromatic N) is 2. The summed E-state index contributed by atoms with van der Waals surface area (Å²) in [5.41, 5.74) is 1.33. The zero-order valence-corrected chi connectivity index (χ0v) is 18.9. The van der Waals surface area contributed by atoms with Crippen LogP contribution in [0.1, 0.15) is 50.1 Å². The number of hydrogen-bond donors (Lipinski definition) is 1. The molecular weight excluding hydrogens is 426 g/mol. The number of carbonyl (C=O) groups is 1. The van der Waals surface area contributed by atoms with Crippen LogP contribution < -0.4 is 10.9 Å². The Morgan fingerprint density at radius 3 is 2.44 bits per heavy atom. The van der Waals surface area contributed by atoms with E-state index in [4.69, 9.17) is 0 Å². The number of aromatic nitrogens is 1. The zero-order valence-electron chi connectivity index (χ0n) is 18.1. The monoisotopic (exact) mass is 455 g/mol. The summed E-state index contributed by atoms with van der Waals surface area (Å²) in [6.45, 7) is 1.18. The van der Waals surface area contributed by atoms with E-state index in [9.17, 15) is 18.0 Å². The molecule has 1 aromatic carbocycles. The van der Waals surface area contributed by atoms with E-state index in [0.717, 1.165) is 37.8 Å². The molecule has 1 saturated heterocycles. The second-order valence-corrected chi connectivity index (χ2v) is 11.3. The number of fused-ring (bicyclic) bond motifs is 4. The molecule has 3 aliphatic rings. The first kappa shape index (κ1) is 21.4. The predicted molar refractivity (Wildman–Crippen MR) is 122 cm³/mol. The van der Waals surface area contributed by atoms with Crippen LogP contribution in [0, 0.1) is 11.8 Å². The summed E-state index contributed by atoms with van der Waals surface area (Å²) < 4.78 is 29.8. The van der Waals surface area contributed by atoms with E-state index in [-0.39, 0.29) is 34.1 Å². The van der Waals surface area contributed by atoms with Crippen molar-refractivity contribution < 1.29 is 13.2 Å². The molecule has 1 aliphatic carbocycles. The topological polar surface area (TPSA) is 88.5 Å². The quantitative estimate of drug-likeness (QED) is 0.767. The number of piperidine rings is 1. The van der Waals surface area contributed by atoms with Gasteiger partial charge in [-0.15, -0.1) is 0 Å². The maximum absolute atomic E-state index is 13.3. The third-order valence-electron chi connectivity index (χ3n) is 7.17. The first-order valence-electron chi connectivity index (χ1n) is 11.5. The molecule has 0 radical (unpaired) electrons. The van der Waals surface area contributed by atoms with Crippen LogP contribution in [0.4, 0.5) is 5.69 Å². The van der Waals surface area contributed by atoms with Crippen LogP contribution in [0.15, 0.2) is 52.2 Å². The molecule has 2 atom stereocenters. The van der Waals surface area contributed by atoms with Gasteiger partial charge in [-0.05, 0) is 43.4 Å². The standard InChI is InChI=1S/C24H29N3O4S/c28-22-12-11-21(25-24(29)18-7-3-1-4-8-18)23-19-13-17(15-27(22)23)14-26(16-19)32(30,31)20-9-5-2-6-10-20/h2,5-6,9-12,17-19H,1,3-4,7-8,13-16H2,(H,25,29). The summed E-state index contributed by atoms with van der Waals surface area (Å²) in [6.07, 6.45) is 5.93. The molecule has 2 aliphatic heterocycles. The van der Waals surface area contributed by atoms with Gasteiger partial charge in [-0.2, -0.15) is 4.31 Å². The van der Waals surface area contributed by atoms with Crippen molar-refractivity contribution in [2.75, 3.05) is 18.4 Å². The van der Waals surface area contributed by atoms with Crippen molar-refractivity contribution in [1.29, 1.82) is 0 Å². The molecule has 7 nitrogen and oxygen atoms in total. The molecule has 2 aromatic rings. The fraction of sp³-hybridized carbons (Fsp3) is 0.500. The number of carbonyl (C=O) groups excluding carboxylic acids is 1. The molecule has 8 heteroatoms. The minimum atomic E-state index is -3.61. The maximum Gasteiger partial charge on any atom is 0.250 e. The van der Waals surface area contributed by atoms with Crippen LogP contribution in [0.5, 0.6) is 0 Å². The fourth-order valence-corrected chi connectivity index (χ4v) is 7.20. The highest BCUT2D eigenvalue weighted by Crippen LogP contribution is 2.40. The Bertz CT molecular complexity index is 1170. The van der Waals surface area contributed by atoms with Crippen molar-refractivity contribution in [3.63, 3.8) is 0 Å². The SMILES string of the molecule is O=C(Nc1ccc(=O)n2c1C1CC(CN(S(=O)(=O)c3ccccc3)C1)C2)C1CCCCC1. The van der Waals surface area contributed by atoms with Gasteiger partial charge in [0.25, 0.3) is 5.56 Å². The Morgan fingerprint density at radius 2 is 1.69 bits per heavy atom. The molecule has 1 aromatic heterocycles. The lowest BCUT2D eigenvalue weighted by atomic mass is 9.83. The van der Waals surface area contributed by atoms with Gasteiger partial charge in [-0.3, -0.25) is 9.59 Å². The van der Waals surface area contributed by atoms with Crippen LogP contribution in [0.25, 0.3) is 0 Å². The molecule has 3 heterocycles. The van der Waals surface area contributed by atoms with Gasteiger partial charge in [0.2, 0.25) is 15.9 Å². The summed E-state index contributed by atoms with van der Waals surface area (Å²) in [4.78, 5) is 25.9. The Hall–Kier alpha value is -2.45. The molecule has 170 valence electrons. The highest BCUT2D eigenvalue weighted by Gasteiger charge is 2.41. The summed E-state index contributed by atoms with van der Waals surface area (Å²) >= 11 is 0. The average Bonchev–Trinajstić information content (AvgIpc) is 2.82. The first-order valence-corrected chi connectivity index (χ1v) is 13.0. The number of pyridine rings is 1.